The molecule has 1 aliphatic carbocycles. The first-order valence-electron chi connectivity index (χ1n) is 13.4. The summed E-state index contributed by atoms with van der Waals surface area (Å²) in [5, 5.41) is 0. The number of nitrogens with zero attached hydrogens (tertiary/aromatic N) is 3. The summed E-state index contributed by atoms with van der Waals surface area (Å²) in [5.74, 6) is 0.696. The van der Waals surface area contributed by atoms with Crippen molar-refractivity contribution in [1.82, 2.24) is 9.80 Å². The van der Waals surface area contributed by atoms with Crippen LogP contribution in [-0.4, -0.2) is 60.8 Å². The molecule has 1 saturated carbocycles. The zero-order valence-electron chi connectivity index (χ0n) is 21.5. The summed E-state index contributed by atoms with van der Waals surface area (Å²) in [6.07, 6.45) is 11.3. The lowest BCUT2D eigenvalue weighted by atomic mass is 9.87. The Labute approximate surface area is 225 Å². The SMILES string of the molecule is Nc1ccc(C(=O)N2CCN(C(=O)OCCC3CCCCC3)CC2)cc1.Sc1cccc2c1N=CCC2. The molecular weight excluding hydrogens is 484 g/mol. The molecule has 2 heterocycles. The van der Waals surface area contributed by atoms with Crippen LogP contribution in [0.5, 0.6) is 0 Å². The number of fused-ring (bicyclic) bond motifs is 1. The number of rotatable bonds is 4. The van der Waals surface area contributed by atoms with Gasteiger partial charge >= 0.3 is 6.09 Å². The maximum Gasteiger partial charge on any atom is 0.409 e. The molecule has 2 aromatic carbocycles. The molecular formula is C29H38N4O3S. The fourth-order valence-electron chi connectivity index (χ4n) is 5.08. The standard InChI is InChI=1S/C20H29N3O3.C9H9NS/c21-18-8-6-17(7-9-18)19(24)22-11-13-23(14-12-22)20(25)26-15-10-16-4-2-1-3-5-16;11-8-5-1-3-7-4-2-6-10-9(7)8/h6-9,16H,1-5,10-15,21H2;1,3,5-6,11H,2,4H2. The molecule has 2 amide bonds. The molecule has 0 spiro atoms. The fraction of sp³-hybridized carbons (Fsp3) is 0.483. The van der Waals surface area contributed by atoms with Crippen LogP contribution in [0.2, 0.25) is 0 Å². The quantitative estimate of drug-likeness (QED) is 0.395. The molecule has 5 rings (SSSR count). The monoisotopic (exact) mass is 522 g/mol. The van der Waals surface area contributed by atoms with Gasteiger partial charge in [0.05, 0.1) is 12.3 Å². The predicted octanol–water partition coefficient (Wildman–Crippen LogP) is 5.76. The highest BCUT2D eigenvalue weighted by molar-refractivity contribution is 7.80. The van der Waals surface area contributed by atoms with Crippen molar-refractivity contribution in [3.05, 3.63) is 53.6 Å². The number of amides is 2. The zero-order chi connectivity index (χ0) is 26.0. The van der Waals surface area contributed by atoms with Crippen LogP contribution in [0.4, 0.5) is 16.2 Å². The summed E-state index contributed by atoms with van der Waals surface area (Å²) >= 11 is 4.32. The third-order valence-corrected chi connectivity index (χ3v) is 7.68. The Balaban J connectivity index is 0.000000241. The number of hydrogen-bond acceptors (Lipinski definition) is 6. The summed E-state index contributed by atoms with van der Waals surface area (Å²) < 4.78 is 5.45. The number of carbonyl (C=O) groups is 2. The minimum Gasteiger partial charge on any atom is -0.449 e. The highest BCUT2D eigenvalue weighted by Gasteiger charge is 2.26. The van der Waals surface area contributed by atoms with E-state index in [9.17, 15) is 9.59 Å². The van der Waals surface area contributed by atoms with Crippen molar-refractivity contribution in [3.63, 3.8) is 0 Å². The van der Waals surface area contributed by atoms with E-state index in [0.29, 0.717) is 50.0 Å². The number of aryl methyl sites for hydroxylation is 1. The number of anilines is 1. The lowest BCUT2D eigenvalue weighted by Crippen LogP contribution is -2.50. The van der Waals surface area contributed by atoms with E-state index < -0.39 is 0 Å². The molecule has 7 nitrogen and oxygen atoms in total. The van der Waals surface area contributed by atoms with Gasteiger partial charge in [-0.05, 0) is 61.1 Å². The molecule has 2 N–H and O–H groups in total. The molecule has 2 aliphatic heterocycles. The Bertz CT molecular complexity index is 1080. The number of ether oxygens (including phenoxy) is 1. The molecule has 0 aromatic heterocycles. The first kappa shape index (κ1) is 27.0. The number of para-hydroxylation sites is 1. The minimum absolute atomic E-state index is 0.0182. The third kappa shape index (κ3) is 7.74. The van der Waals surface area contributed by atoms with Gasteiger partial charge in [-0.1, -0.05) is 44.2 Å². The maximum absolute atomic E-state index is 12.5. The van der Waals surface area contributed by atoms with Gasteiger partial charge in [0, 0.05) is 48.5 Å². The van der Waals surface area contributed by atoms with Crippen molar-refractivity contribution in [3.8, 4) is 0 Å². The first-order chi connectivity index (χ1) is 18.0. The van der Waals surface area contributed by atoms with Gasteiger partial charge in [0.25, 0.3) is 5.91 Å². The number of aliphatic imine (C=N–C) groups is 1. The normalized spacial score (nSPS) is 17.4. The Hall–Kier alpha value is -3.00. The van der Waals surface area contributed by atoms with E-state index in [4.69, 9.17) is 10.5 Å². The van der Waals surface area contributed by atoms with E-state index in [2.05, 4.69) is 23.7 Å². The van der Waals surface area contributed by atoms with E-state index in [1.807, 2.05) is 18.3 Å². The number of hydrogen-bond donors (Lipinski definition) is 2. The van der Waals surface area contributed by atoms with Crippen LogP contribution in [0.25, 0.3) is 0 Å². The molecule has 2 aromatic rings. The molecule has 0 bridgehead atoms. The number of piperazine rings is 1. The van der Waals surface area contributed by atoms with E-state index >= 15 is 0 Å². The first-order valence-corrected chi connectivity index (χ1v) is 13.9. The van der Waals surface area contributed by atoms with Gasteiger partial charge in [0.1, 0.15) is 0 Å². The summed E-state index contributed by atoms with van der Waals surface area (Å²) in [5.41, 5.74) is 9.31. The third-order valence-electron chi connectivity index (χ3n) is 7.32. The van der Waals surface area contributed by atoms with E-state index in [0.717, 1.165) is 29.8 Å². The number of benzene rings is 2. The topological polar surface area (TPSA) is 88.2 Å². The second-order valence-corrected chi connectivity index (χ2v) is 10.4. The van der Waals surface area contributed by atoms with Crippen LogP contribution < -0.4 is 5.73 Å². The number of carbonyl (C=O) groups excluding carboxylic acids is 2. The molecule has 1 saturated heterocycles. The Morgan fingerprint density at radius 1 is 0.973 bits per heavy atom. The van der Waals surface area contributed by atoms with Crippen LogP contribution in [-0.2, 0) is 11.2 Å². The van der Waals surface area contributed by atoms with Gasteiger partial charge in [0.2, 0.25) is 0 Å². The van der Waals surface area contributed by atoms with E-state index in [1.165, 1.54) is 37.7 Å². The van der Waals surface area contributed by atoms with Crippen LogP contribution in [0, 0.1) is 5.92 Å². The summed E-state index contributed by atoms with van der Waals surface area (Å²) in [6.45, 7) is 2.60. The molecule has 0 atom stereocenters. The highest BCUT2D eigenvalue weighted by atomic mass is 32.1. The summed E-state index contributed by atoms with van der Waals surface area (Å²) in [7, 11) is 0. The average Bonchev–Trinajstić information content (AvgIpc) is 2.94. The van der Waals surface area contributed by atoms with Crippen LogP contribution in [0.3, 0.4) is 0 Å². The largest absolute Gasteiger partial charge is 0.449 e. The van der Waals surface area contributed by atoms with Crippen LogP contribution >= 0.6 is 12.6 Å². The molecule has 0 unspecified atom stereocenters. The number of thiol groups is 1. The molecule has 3 aliphatic rings. The van der Waals surface area contributed by atoms with E-state index in [1.54, 1.807) is 34.1 Å². The molecule has 8 heteroatoms. The van der Waals surface area contributed by atoms with Gasteiger partial charge in [-0.3, -0.25) is 9.79 Å². The Morgan fingerprint density at radius 3 is 2.38 bits per heavy atom. The van der Waals surface area contributed by atoms with Crippen molar-refractivity contribution in [2.45, 2.75) is 56.3 Å². The second-order valence-electron chi connectivity index (χ2n) is 9.94. The molecule has 37 heavy (non-hydrogen) atoms. The summed E-state index contributed by atoms with van der Waals surface area (Å²) in [4.78, 5) is 33.4. The summed E-state index contributed by atoms with van der Waals surface area (Å²) in [6, 6.07) is 13.1. The van der Waals surface area contributed by atoms with Crippen LogP contribution in [0.15, 0.2) is 52.4 Å². The Morgan fingerprint density at radius 2 is 1.68 bits per heavy atom. The van der Waals surface area contributed by atoms with Gasteiger partial charge in [0.15, 0.2) is 0 Å². The van der Waals surface area contributed by atoms with Gasteiger partial charge in [-0.15, -0.1) is 12.6 Å². The van der Waals surface area contributed by atoms with E-state index in [-0.39, 0.29) is 12.0 Å². The highest BCUT2D eigenvalue weighted by Crippen LogP contribution is 2.30. The molecule has 198 valence electrons. The fourth-order valence-corrected chi connectivity index (χ4v) is 5.37. The second kappa shape index (κ2) is 13.5. The average molecular weight is 523 g/mol. The van der Waals surface area contributed by atoms with Gasteiger partial charge in [-0.2, -0.15) is 0 Å². The van der Waals surface area contributed by atoms with Crippen molar-refractivity contribution < 1.29 is 14.3 Å². The minimum atomic E-state index is -0.250. The van der Waals surface area contributed by atoms with Gasteiger partial charge < -0.3 is 20.3 Å². The number of nitrogens with two attached hydrogens (primary N) is 1. The van der Waals surface area contributed by atoms with Crippen molar-refractivity contribution in [1.29, 1.82) is 0 Å². The Kier molecular flexibility index (Phi) is 9.88. The number of nitrogen functional groups attached to an aromatic ring is 1. The smallest absolute Gasteiger partial charge is 0.409 e. The molecule has 2 fully saturated rings. The maximum atomic E-state index is 12.5. The lowest BCUT2D eigenvalue weighted by molar-refractivity contribution is 0.0543. The predicted molar refractivity (Wildman–Crippen MR) is 151 cm³/mol. The lowest BCUT2D eigenvalue weighted by Gasteiger charge is -2.34. The van der Waals surface area contributed by atoms with Crippen molar-refractivity contribution in [2.24, 2.45) is 10.9 Å². The zero-order valence-corrected chi connectivity index (χ0v) is 22.4. The van der Waals surface area contributed by atoms with Gasteiger partial charge in [-0.25, -0.2) is 4.79 Å². The van der Waals surface area contributed by atoms with Crippen molar-refractivity contribution in [2.75, 3.05) is 38.5 Å². The van der Waals surface area contributed by atoms with Crippen molar-refractivity contribution >= 4 is 42.2 Å². The van der Waals surface area contributed by atoms with Crippen LogP contribution in [0.1, 0.15) is 60.9 Å². The molecule has 0 radical (unpaired) electrons.